The van der Waals surface area contributed by atoms with Crippen molar-refractivity contribution in [3.63, 3.8) is 0 Å². The van der Waals surface area contributed by atoms with Gasteiger partial charge in [0.1, 0.15) is 0 Å². The molecule has 0 radical (unpaired) electrons. The Labute approximate surface area is 141 Å². The maximum Gasteiger partial charge on any atom is 1.00 e. The van der Waals surface area contributed by atoms with Crippen LogP contribution < -0.4 is 93.8 Å². The molecule has 0 unspecified atom stereocenters. The molecule has 11 heteroatoms. The van der Waals surface area contributed by atoms with Crippen LogP contribution in [0.1, 0.15) is 0 Å². The van der Waals surface area contributed by atoms with E-state index in [1.54, 1.807) is 0 Å². The van der Waals surface area contributed by atoms with Gasteiger partial charge in [-0.3, -0.25) is 4.21 Å². The fraction of sp³-hybridized carbons (Fsp3) is 0. The number of rotatable bonds is 0. The standard InChI is InChI=1S/CH2O3.3Na.H2O3S2/c2-1(3)4;;;;1-5(2,3)4/h(H2,2,3,4);;;;(H2,1,2,3,4)/q;3*+1;/p-3. The molecule has 0 saturated carbocycles. The van der Waals surface area contributed by atoms with Crippen LogP contribution in [0, 0.1) is 0 Å². The molecule has 12 heavy (non-hydrogen) atoms. The summed E-state index contributed by atoms with van der Waals surface area (Å²) in [6.45, 7) is 0. The maximum atomic E-state index is 8.89. The molecular weight excluding hydrogens is 241 g/mol. The molecule has 0 aliphatic carbocycles. The quantitative estimate of drug-likeness (QED) is 0.418. The fourth-order valence-corrected chi connectivity index (χ4v) is 0. The molecular formula is CHNa3O6S2. The third-order valence-corrected chi connectivity index (χ3v) is 0. The number of hydrogen-bond donors (Lipinski definition) is 1. The summed E-state index contributed by atoms with van der Waals surface area (Å²) >= 11 is 3.24. The molecule has 0 fully saturated rings. The summed E-state index contributed by atoms with van der Waals surface area (Å²) in [5, 5.41) is 15.3. The van der Waals surface area contributed by atoms with Crippen molar-refractivity contribution in [1.82, 2.24) is 0 Å². The second-order valence-electron chi connectivity index (χ2n) is 0.674. The molecule has 0 heterocycles. The van der Waals surface area contributed by atoms with Crippen LogP contribution in [0.25, 0.3) is 0 Å². The Hall–Kier alpha value is 2.56. The predicted molar refractivity (Wildman–Crippen MR) is 25.1 cm³/mol. The minimum Gasteiger partial charge on any atom is -0.780 e. The van der Waals surface area contributed by atoms with Gasteiger partial charge in [0.05, 0.1) is 0 Å². The molecule has 56 valence electrons. The fourth-order valence-electron chi connectivity index (χ4n) is 0. The minimum absolute atomic E-state index is 0. The predicted octanol–water partition coefficient (Wildman–Crippen LogP) is -11.1. The zero-order chi connectivity index (χ0) is 8.08. The van der Waals surface area contributed by atoms with E-state index in [4.69, 9.17) is 28.3 Å². The van der Waals surface area contributed by atoms with Crippen molar-refractivity contribution in [3.8, 4) is 0 Å². The van der Waals surface area contributed by atoms with E-state index >= 15 is 0 Å². The Morgan fingerprint density at radius 2 is 1.25 bits per heavy atom. The van der Waals surface area contributed by atoms with Crippen molar-refractivity contribution in [2.45, 2.75) is 0 Å². The van der Waals surface area contributed by atoms with Crippen LogP contribution in [0.5, 0.6) is 0 Å². The van der Waals surface area contributed by atoms with Crippen molar-refractivity contribution in [1.29, 1.82) is 0 Å². The van der Waals surface area contributed by atoms with E-state index in [1.165, 1.54) is 0 Å². The van der Waals surface area contributed by atoms with E-state index in [-0.39, 0.29) is 88.7 Å². The van der Waals surface area contributed by atoms with E-state index in [2.05, 4.69) is 11.2 Å². The summed E-state index contributed by atoms with van der Waals surface area (Å²) in [6.07, 6.45) is -2.08. The SMILES string of the molecule is O=C([O-])O.O=S([O-])([O-])=S.[Na+].[Na+].[Na+]. The molecule has 1 N–H and O–H groups in total. The minimum atomic E-state index is -4.33. The first-order valence-corrected chi connectivity index (χ1v) is 3.63. The molecule has 0 aliphatic heterocycles. The molecule has 0 aromatic rings. The van der Waals surface area contributed by atoms with Gasteiger partial charge in [-0.05, 0) is 11.2 Å². The van der Waals surface area contributed by atoms with Gasteiger partial charge in [-0.25, -0.2) is 0 Å². The molecule has 0 aromatic heterocycles. The normalized spacial score (nSPS) is 6.83. The number of carboxylic acid groups (broad SMARTS) is 2. The van der Waals surface area contributed by atoms with E-state index in [1.807, 2.05) is 0 Å². The van der Waals surface area contributed by atoms with Gasteiger partial charge in [0.15, 0.2) is 0 Å². The van der Waals surface area contributed by atoms with E-state index in [0.29, 0.717) is 0 Å². The average Bonchev–Trinajstić information content (AvgIpc) is 1.19. The first-order valence-electron chi connectivity index (χ1n) is 1.30. The third-order valence-electron chi connectivity index (χ3n) is 0. The molecule has 0 amide bonds. The average molecular weight is 242 g/mol. The van der Waals surface area contributed by atoms with Crippen molar-refractivity contribution in [2.75, 3.05) is 0 Å². The van der Waals surface area contributed by atoms with E-state index < -0.39 is 15.2 Å². The van der Waals surface area contributed by atoms with Crippen LogP contribution in [0.2, 0.25) is 0 Å². The molecule has 6 nitrogen and oxygen atoms in total. The Morgan fingerprint density at radius 3 is 1.25 bits per heavy atom. The van der Waals surface area contributed by atoms with Crippen molar-refractivity contribution < 1.29 is 117 Å². The second-order valence-corrected chi connectivity index (χ2v) is 2.72. The van der Waals surface area contributed by atoms with Crippen LogP contribution in [0.4, 0.5) is 4.79 Å². The van der Waals surface area contributed by atoms with Gasteiger partial charge in [-0.2, -0.15) is 0 Å². The van der Waals surface area contributed by atoms with Gasteiger partial charge >= 0.3 is 88.7 Å². The largest absolute Gasteiger partial charge is 1.00 e. The van der Waals surface area contributed by atoms with Crippen molar-refractivity contribution >= 4 is 26.4 Å². The van der Waals surface area contributed by atoms with Crippen LogP contribution in [-0.4, -0.2) is 24.6 Å². The summed E-state index contributed by atoms with van der Waals surface area (Å²) in [5.74, 6) is 0. The Morgan fingerprint density at radius 1 is 1.25 bits per heavy atom. The van der Waals surface area contributed by atoms with Gasteiger partial charge < -0.3 is 24.1 Å². The Kier molecular flexibility index (Phi) is 39.1. The van der Waals surface area contributed by atoms with Gasteiger partial charge in [0, 0.05) is 0 Å². The first kappa shape index (κ1) is 29.3. The van der Waals surface area contributed by atoms with Crippen molar-refractivity contribution in [2.24, 2.45) is 0 Å². The third kappa shape index (κ3) is 256. The van der Waals surface area contributed by atoms with Crippen LogP contribution in [0.15, 0.2) is 0 Å². The molecule has 0 atom stereocenters. The zero-order valence-electron chi connectivity index (χ0n) is 6.80. The zero-order valence-corrected chi connectivity index (χ0v) is 14.4. The smallest absolute Gasteiger partial charge is 0.780 e. The number of carbonyl (C=O) groups is 1. The van der Waals surface area contributed by atoms with Gasteiger partial charge in [-0.15, -0.1) is 9.05 Å². The summed E-state index contributed by atoms with van der Waals surface area (Å²) in [6, 6.07) is 0. The summed E-state index contributed by atoms with van der Waals surface area (Å²) in [7, 11) is -4.33. The maximum absolute atomic E-state index is 8.89. The molecule has 0 spiro atoms. The summed E-state index contributed by atoms with van der Waals surface area (Å²) in [4.78, 5) is 8.44. The van der Waals surface area contributed by atoms with Crippen LogP contribution in [-0.2, 0) is 20.2 Å². The Bertz CT molecular complexity index is 163. The van der Waals surface area contributed by atoms with Crippen molar-refractivity contribution in [3.05, 3.63) is 0 Å². The van der Waals surface area contributed by atoms with Crippen LogP contribution >= 0.6 is 0 Å². The van der Waals surface area contributed by atoms with E-state index in [9.17, 15) is 0 Å². The second kappa shape index (κ2) is 16.0. The van der Waals surface area contributed by atoms with Gasteiger partial charge in [0.2, 0.25) is 6.16 Å². The van der Waals surface area contributed by atoms with Gasteiger partial charge in [0.25, 0.3) is 0 Å². The summed E-state index contributed by atoms with van der Waals surface area (Å²) < 4.78 is 26.7. The molecule has 0 aromatic carbocycles. The topological polar surface area (TPSA) is 124 Å². The molecule has 0 bridgehead atoms. The monoisotopic (exact) mass is 242 g/mol. The molecule has 0 aliphatic rings. The van der Waals surface area contributed by atoms with Gasteiger partial charge in [-0.1, -0.05) is 0 Å². The van der Waals surface area contributed by atoms with E-state index in [0.717, 1.165) is 0 Å². The Balaban J connectivity index is -0.0000000221. The molecule has 0 rings (SSSR count). The number of hydrogen-bond acceptors (Lipinski definition) is 6. The summed E-state index contributed by atoms with van der Waals surface area (Å²) in [5.41, 5.74) is 0. The molecule has 0 saturated heterocycles. The van der Waals surface area contributed by atoms with Crippen LogP contribution in [0.3, 0.4) is 0 Å². The first-order chi connectivity index (χ1) is 3.73.